The van der Waals surface area contributed by atoms with Crippen molar-refractivity contribution in [3.05, 3.63) is 53.5 Å². The average Bonchev–Trinajstić information content (AvgIpc) is 3.76. The summed E-state index contributed by atoms with van der Waals surface area (Å²) in [5.74, 6) is -2.18. The van der Waals surface area contributed by atoms with Gasteiger partial charge in [0.25, 0.3) is 0 Å². The predicted molar refractivity (Wildman–Crippen MR) is 173 cm³/mol. The molecule has 0 saturated carbocycles. The lowest BCUT2D eigenvalue weighted by Crippen LogP contribution is -2.43. The first-order chi connectivity index (χ1) is 22.8. The molecule has 12 heteroatoms. The first-order valence-electron chi connectivity index (χ1n) is 16.5. The van der Waals surface area contributed by atoms with Gasteiger partial charge in [-0.05, 0) is 80.9 Å². The van der Waals surface area contributed by atoms with Gasteiger partial charge in [0.2, 0.25) is 0 Å². The second-order valence-corrected chi connectivity index (χ2v) is 13.2. The minimum Gasteiger partial charge on any atom is -0.505 e. The molecule has 0 bridgehead atoms. The lowest BCUT2D eigenvalue weighted by molar-refractivity contribution is 0.108. The highest BCUT2D eigenvalue weighted by Crippen LogP contribution is 2.44. The Hall–Kier alpha value is -4.16. The fourth-order valence-corrected chi connectivity index (χ4v) is 8.11. The van der Waals surface area contributed by atoms with Gasteiger partial charge in [-0.25, -0.2) is 17.7 Å². The summed E-state index contributed by atoms with van der Waals surface area (Å²) in [5.41, 5.74) is 0.683. The van der Waals surface area contributed by atoms with E-state index < -0.39 is 23.2 Å². The van der Waals surface area contributed by atoms with E-state index in [0.29, 0.717) is 49.6 Å². The second kappa shape index (κ2) is 11.5. The van der Waals surface area contributed by atoms with E-state index >= 15 is 13.2 Å². The summed E-state index contributed by atoms with van der Waals surface area (Å²) in [6.07, 6.45) is 6.03. The fraction of sp³-hybridized carbons (Fsp3) is 0.457. The summed E-state index contributed by atoms with van der Waals surface area (Å²) in [6, 6.07) is 5.39. The molecule has 246 valence electrons. The number of phenols is 1. The third-order valence-electron chi connectivity index (χ3n) is 10.3. The fourth-order valence-electron chi connectivity index (χ4n) is 8.11. The maximum Gasteiger partial charge on any atom is 0.319 e. The van der Waals surface area contributed by atoms with E-state index in [4.69, 9.17) is 19.4 Å². The van der Waals surface area contributed by atoms with Crippen molar-refractivity contribution in [3.8, 4) is 23.0 Å². The highest BCUT2D eigenvalue weighted by molar-refractivity contribution is 6.07. The third kappa shape index (κ3) is 4.78. The number of ether oxygens (including phenoxy) is 2. The van der Waals surface area contributed by atoms with Crippen LogP contribution in [0.15, 0.2) is 30.5 Å². The number of aromatic hydroxyl groups is 1. The van der Waals surface area contributed by atoms with E-state index in [9.17, 15) is 5.11 Å². The number of halogens is 3. The van der Waals surface area contributed by atoms with Gasteiger partial charge in [-0.2, -0.15) is 15.1 Å². The van der Waals surface area contributed by atoms with Crippen LogP contribution in [0.25, 0.3) is 38.4 Å². The number of pyridine rings is 1. The summed E-state index contributed by atoms with van der Waals surface area (Å²) in [5, 5.41) is 15.8. The number of phenolic OH excluding ortho intramolecular Hbond substituents is 1. The van der Waals surface area contributed by atoms with Crippen LogP contribution < -0.4 is 9.64 Å². The summed E-state index contributed by atoms with van der Waals surface area (Å²) in [6.45, 7) is 8.55. The summed E-state index contributed by atoms with van der Waals surface area (Å²) >= 11 is 0. The molecule has 3 aliphatic heterocycles. The van der Waals surface area contributed by atoms with Gasteiger partial charge >= 0.3 is 6.01 Å². The number of hydrogen-bond acceptors (Lipinski definition) is 8. The molecule has 1 N–H and O–H groups in total. The van der Waals surface area contributed by atoms with Crippen molar-refractivity contribution >= 4 is 33.0 Å². The lowest BCUT2D eigenvalue weighted by atomic mass is 9.93. The van der Waals surface area contributed by atoms with Crippen LogP contribution in [0.4, 0.5) is 19.0 Å². The van der Waals surface area contributed by atoms with Crippen molar-refractivity contribution in [3.63, 3.8) is 0 Å². The standard InChI is InChI=1S/C35H37F3N6O3/c1-3-21-24(36)7-6-22-27(21)23(16-26(45)29(22)37)32-30(38)31-28(25-8-11-39-44(25)32)33(42-14-15-46-18-20(2)17-42)41-34(40-31)47-19-35-9-4-12-43(35)13-5-10-35/h6-8,11,16,20,45H,3-5,9-10,12-15,17-19H2,1-2H3. The number of aromatic nitrogens is 4. The van der Waals surface area contributed by atoms with E-state index in [2.05, 4.69) is 21.8 Å². The van der Waals surface area contributed by atoms with Gasteiger partial charge in [-0.1, -0.05) is 13.8 Å². The number of anilines is 1. The molecular formula is C35H37F3N6O3. The predicted octanol–water partition coefficient (Wildman–Crippen LogP) is 6.26. The number of rotatable bonds is 6. The van der Waals surface area contributed by atoms with Gasteiger partial charge in [0.15, 0.2) is 17.4 Å². The molecule has 0 spiro atoms. The monoisotopic (exact) mass is 646 g/mol. The summed E-state index contributed by atoms with van der Waals surface area (Å²) in [7, 11) is 0. The van der Waals surface area contributed by atoms with Crippen LogP contribution in [0.3, 0.4) is 0 Å². The van der Waals surface area contributed by atoms with Crippen molar-refractivity contribution < 1.29 is 27.8 Å². The van der Waals surface area contributed by atoms with Crippen LogP contribution in [-0.4, -0.2) is 81.1 Å². The van der Waals surface area contributed by atoms with Gasteiger partial charge < -0.3 is 19.5 Å². The lowest BCUT2D eigenvalue weighted by Gasteiger charge is -2.31. The Morgan fingerprint density at radius 1 is 1.04 bits per heavy atom. The topological polar surface area (TPSA) is 88.3 Å². The second-order valence-electron chi connectivity index (χ2n) is 13.2. The average molecular weight is 647 g/mol. The number of nitrogens with zero attached hydrogens (tertiary/aromatic N) is 6. The van der Waals surface area contributed by atoms with Gasteiger partial charge in [0.05, 0.1) is 35.9 Å². The van der Waals surface area contributed by atoms with Crippen LogP contribution in [-0.2, 0) is 11.2 Å². The molecule has 6 heterocycles. The van der Waals surface area contributed by atoms with E-state index in [1.807, 2.05) is 0 Å². The normalized spacial score (nSPS) is 20.0. The maximum absolute atomic E-state index is 17.4. The molecule has 2 aromatic carbocycles. The molecule has 0 aliphatic carbocycles. The Bertz CT molecular complexity index is 2020. The molecule has 1 unspecified atom stereocenters. The summed E-state index contributed by atoms with van der Waals surface area (Å²) < 4.78 is 61.5. The van der Waals surface area contributed by atoms with Crippen molar-refractivity contribution in [2.24, 2.45) is 5.92 Å². The van der Waals surface area contributed by atoms with Gasteiger partial charge in [0, 0.05) is 29.4 Å². The molecule has 1 atom stereocenters. The number of benzene rings is 2. The highest BCUT2D eigenvalue weighted by Gasteiger charge is 2.45. The first-order valence-corrected chi connectivity index (χ1v) is 16.5. The van der Waals surface area contributed by atoms with Crippen molar-refractivity contribution in [2.75, 3.05) is 50.9 Å². The Morgan fingerprint density at radius 2 is 1.85 bits per heavy atom. The molecule has 0 radical (unpaired) electrons. The van der Waals surface area contributed by atoms with E-state index in [0.717, 1.165) is 50.9 Å². The van der Waals surface area contributed by atoms with Crippen LogP contribution >= 0.6 is 0 Å². The number of fused-ring (bicyclic) bond motifs is 5. The van der Waals surface area contributed by atoms with E-state index in [-0.39, 0.29) is 57.0 Å². The SMILES string of the molecule is CCc1c(F)ccc2c(F)c(O)cc(-c3c(F)c4nc(OCC56CCCN5CCC6)nc(N5CCOCC(C)C5)c4c4ccnn34)c12. The van der Waals surface area contributed by atoms with Crippen LogP contribution in [0.5, 0.6) is 11.8 Å². The Balaban J connectivity index is 1.39. The maximum atomic E-state index is 17.4. The van der Waals surface area contributed by atoms with E-state index in [1.165, 1.54) is 10.6 Å². The van der Waals surface area contributed by atoms with Crippen molar-refractivity contribution in [1.29, 1.82) is 0 Å². The molecule has 3 saturated heterocycles. The van der Waals surface area contributed by atoms with E-state index in [1.54, 1.807) is 19.2 Å². The molecule has 8 rings (SSSR count). The van der Waals surface area contributed by atoms with Crippen LogP contribution in [0.2, 0.25) is 0 Å². The number of aryl methyl sites for hydroxylation is 1. The molecule has 3 aliphatic rings. The molecule has 3 fully saturated rings. The van der Waals surface area contributed by atoms with Gasteiger partial charge in [-0.15, -0.1) is 0 Å². The third-order valence-corrected chi connectivity index (χ3v) is 10.3. The largest absolute Gasteiger partial charge is 0.505 e. The quantitative estimate of drug-likeness (QED) is 0.231. The minimum atomic E-state index is -0.901. The Kier molecular flexibility index (Phi) is 7.40. The summed E-state index contributed by atoms with van der Waals surface area (Å²) in [4.78, 5) is 14.2. The zero-order valence-corrected chi connectivity index (χ0v) is 26.5. The molecular weight excluding hydrogens is 609 g/mol. The molecule has 0 amide bonds. The molecule has 3 aromatic heterocycles. The van der Waals surface area contributed by atoms with Gasteiger partial charge in [0.1, 0.15) is 29.5 Å². The Morgan fingerprint density at radius 3 is 2.64 bits per heavy atom. The molecule has 47 heavy (non-hydrogen) atoms. The zero-order chi connectivity index (χ0) is 32.4. The van der Waals surface area contributed by atoms with Crippen LogP contribution in [0, 0.1) is 23.4 Å². The Labute approximate surface area is 269 Å². The minimum absolute atomic E-state index is 0.00411. The van der Waals surface area contributed by atoms with Crippen molar-refractivity contribution in [2.45, 2.75) is 51.5 Å². The first kappa shape index (κ1) is 30.2. The van der Waals surface area contributed by atoms with Crippen LogP contribution in [0.1, 0.15) is 45.1 Å². The number of hydrogen-bond donors (Lipinski definition) is 1. The molecule has 9 nitrogen and oxygen atoms in total. The van der Waals surface area contributed by atoms with Crippen molar-refractivity contribution in [1.82, 2.24) is 24.5 Å². The smallest absolute Gasteiger partial charge is 0.319 e. The highest BCUT2D eigenvalue weighted by atomic mass is 19.1. The van der Waals surface area contributed by atoms with Gasteiger partial charge in [-0.3, -0.25) is 4.90 Å². The molecule has 5 aromatic rings. The zero-order valence-electron chi connectivity index (χ0n) is 26.5.